The standard InChI is InChI=1S/C19H22N6O4/c1-13-3-4-14(11-20-13)22-17(26)18(27)23-15-5-6-16(21-12-15)24-7-9-25(10-8-24)19(28)29-2/h3-6,11-12H,7-10H2,1-2H3,(H,22,26)(H,23,27). The largest absolute Gasteiger partial charge is 0.453 e. The normalized spacial score (nSPS) is 13.6. The number of rotatable bonds is 3. The molecule has 0 atom stereocenters. The number of aromatic nitrogens is 2. The minimum Gasteiger partial charge on any atom is -0.453 e. The van der Waals surface area contributed by atoms with E-state index in [2.05, 4.69) is 20.6 Å². The van der Waals surface area contributed by atoms with Crippen LogP contribution < -0.4 is 15.5 Å². The number of aryl methyl sites for hydroxylation is 1. The Morgan fingerprint density at radius 2 is 1.48 bits per heavy atom. The molecule has 10 nitrogen and oxygen atoms in total. The zero-order valence-corrected chi connectivity index (χ0v) is 16.2. The molecule has 10 heteroatoms. The maximum absolute atomic E-state index is 12.1. The minimum absolute atomic E-state index is 0.338. The monoisotopic (exact) mass is 398 g/mol. The molecular weight excluding hydrogens is 376 g/mol. The molecular formula is C19H22N6O4. The van der Waals surface area contributed by atoms with Crippen molar-refractivity contribution in [1.82, 2.24) is 14.9 Å². The molecule has 3 rings (SSSR count). The lowest BCUT2D eigenvalue weighted by Crippen LogP contribution is -2.49. The summed E-state index contributed by atoms with van der Waals surface area (Å²) in [7, 11) is 1.36. The molecule has 0 aromatic carbocycles. The number of hydrogen-bond acceptors (Lipinski definition) is 7. The third-order valence-corrected chi connectivity index (χ3v) is 4.42. The van der Waals surface area contributed by atoms with Gasteiger partial charge in [0.25, 0.3) is 0 Å². The summed E-state index contributed by atoms with van der Waals surface area (Å²) in [6.45, 7) is 4.16. The molecule has 0 aliphatic carbocycles. The van der Waals surface area contributed by atoms with Gasteiger partial charge in [0.1, 0.15) is 5.82 Å². The highest BCUT2D eigenvalue weighted by Gasteiger charge is 2.22. The van der Waals surface area contributed by atoms with Crippen LogP contribution in [0.3, 0.4) is 0 Å². The van der Waals surface area contributed by atoms with Crippen molar-refractivity contribution in [3.05, 3.63) is 42.4 Å². The van der Waals surface area contributed by atoms with E-state index in [1.165, 1.54) is 19.5 Å². The van der Waals surface area contributed by atoms with E-state index in [9.17, 15) is 14.4 Å². The van der Waals surface area contributed by atoms with Crippen LogP contribution in [0.2, 0.25) is 0 Å². The van der Waals surface area contributed by atoms with Crippen molar-refractivity contribution in [3.8, 4) is 0 Å². The van der Waals surface area contributed by atoms with E-state index in [0.717, 1.165) is 11.5 Å². The first-order chi connectivity index (χ1) is 14.0. The Morgan fingerprint density at radius 1 is 0.897 bits per heavy atom. The van der Waals surface area contributed by atoms with Crippen LogP contribution in [0.1, 0.15) is 5.69 Å². The van der Waals surface area contributed by atoms with Crippen molar-refractivity contribution in [2.45, 2.75) is 6.92 Å². The number of ether oxygens (including phenoxy) is 1. The lowest BCUT2D eigenvalue weighted by atomic mass is 10.3. The van der Waals surface area contributed by atoms with Crippen LogP contribution in [0.5, 0.6) is 0 Å². The van der Waals surface area contributed by atoms with Gasteiger partial charge in [0.2, 0.25) is 0 Å². The number of hydrogen-bond donors (Lipinski definition) is 2. The first-order valence-corrected chi connectivity index (χ1v) is 9.05. The summed E-state index contributed by atoms with van der Waals surface area (Å²) in [5.74, 6) is -0.867. The number of nitrogens with one attached hydrogen (secondary N) is 2. The van der Waals surface area contributed by atoms with Crippen LogP contribution in [0.4, 0.5) is 22.0 Å². The molecule has 1 fully saturated rings. The number of carbonyl (C=O) groups excluding carboxylic acids is 3. The number of anilines is 3. The third kappa shape index (κ3) is 5.18. The topological polar surface area (TPSA) is 117 Å². The molecule has 2 aromatic heterocycles. The van der Waals surface area contributed by atoms with Crippen molar-refractivity contribution in [1.29, 1.82) is 0 Å². The first kappa shape index (κ1) is 20.1. The van der Waals surface area contributed by atoms with E-state index in [1.54, 1.807) is 29.2 Å². The molecule has 0 unspecified atom stereocenters. The molecule has 1 aliphatic heterocycles. The Morgan fingerprint density at radius 3 is 1.97 bits per heavy atom. The number of carbonyl (C=O) groups is 3. The fourth-order valence-electron chi connectivity index (χ4n) is 2.81. The van der Waals surface area contributed by atoms with E-state index in [-0.39, 0.29) is 6.09 Å². The van der Waals surface area contributed by atoms with Gasteiger partial charge < -0.3 is 25.2 Å². The van der Waals surface area contributed by atoms with Crippen LogP contribution in [0.15, 0.2) is 36.7 Å². The van der Waals surface area contributed by atoms with Gasteiger partial charge >= 0.3 is 17.9 Å². The summed E-state index contributed by atoms with van der Waals surface area (Å²) in [4.78, 5) is 47.7. The van der Waals surface area contributed by atoms with Crippen molar-refractivity contribution in [3.63, 3.8) is 0 Å². The van der Waals surface area contributed by atoms with E-state index < -0.39 is 11.8 Å². The van der Waals surface area contributed by atoms with Gasteiger partial charge in [-0.15, -0.1) is 0 Å². The number of amides is 3. The van der Waals surface area contributed by atoms with Gasteiger partial charge in [-0.2, -0.15) is 0 Å². The molecule has 0 radical (unpaired) electrons. The van der Waals surface area contributed by atoms with Gasteiger partial charge in [-0.25, -0.2) is 9.78 Å². The zero-order chi connectivity index (χ0) is 20.8. The summed E-state index contributed by atoms with van der Waals surface area (Å²) in [5.41, 5.74) is 1.66. The quantitative estimate of drug-likeness (QED) is 0.748. The summed E-state index contributed by atoms with van der Waals surface area (Å²) in [5, 5.41) is 5.00. The van der Waals surface area contributed by atoms with Gasteiger partial charge in [-0.3, -0.25) is 14.6 Å². The van der Waals surface area contributed by atoms with E-state index in [4.69, 9.17) is 4.74 Å². The Hall–Kier alpha value is -3.69. The number of nitrogens with zero attached hydrogens (tertiary/aromatic N) is 4. The molecule has 3 heterocycles. The molecule has 1 saturated heterocycles. The molecule has 0 spiro atoms. The highest BCUT2D eigenvalue weighted by Crippen LogP contribution is 2.16. The smallest absolute Gasteiger partial charge is 0.409 e. The Kier molecular flexibility index (Phi) is 6.22. The van der Waals surface area contributed by atoms with Crippen LogP contribution in [0.25, 0.3) is 0 Å². The minimum atomic E-state index is -0.799. The molecule has 2 aromatic rings. The van der Waals surface area contributed by atoms with Crippen molar-refractivity contribution in [2.24, 2.45) is 0 Å². The van der Waals surface area contributed by atoms with E-state index in [0.29, 0.717) is 37.6 Å². The van der Waals surface area contributed by atoms with Crippen LogP contribution >= 0.6 is 0 Å². The second-order valence-electron chi connectivity index (χ2n) is 6.45. The molecule has 0 saturated carbocycles. The van der Waals surface area contributed by atoms with Crippen LogP contribution in [-0.2, 0) is 14.3 Å². The van der Waals surface area contributed by atoms with E-state index in [1.807, 2.05) is 11.8 Å². The predicted molar refractivity (Wildman–Crippen MR) is 107 cm³/mol. The number of piperazine rings is 1. The highest BCUT2D eigenvalue weighted by atomic mass is 16.5. The third-order valence-electron chi connectivity index (χ3n) is 4.42. The second-order valence-corrected chi connectivity index (χ2v) is 6.45. The van der Waals surface area contributed by atoms with Crippen LogP contribution in [0, 0.1) is 6.92 Å². The Labute approximate surface area is 167 Å². The molecule has 0 bridgehead atoms. The lowest BCUT2D eigenvalue weighted by molar-refractivity contribution is -0.133. The molecule has 2 N–H and O–H groups in total. The van der Waals surface area contributed by atoms with Crippen LogP contribution in [-0.4, -0.2) is 66.1 Å². The lowest BCUT2D eigenvalue weighted by Gasteiger charge is -2.34. The van der Waals surface area contributed by atoms with Gasteiger partial charge in [0.05, 0.1) is 30.9 Å². The van der Waals surface area contributed by atoms with Gasteiger partial charge in [-0.05, 0) is 31.2 Å². The SMILES string of the molecule is COC(=O)N1CCN(c2ccc(NC(=O)C(=O)Nc3ccc(C)nc3)cn2)CC1. The van der Waals surface area contributed by atoms with Crippen molar-refractivity contribution >= 4 is 35.1 Å². The maximum atomic E-state index is 12.1. The fraction of sp³-hybridized carbons (Fsp3) is 0.316. The maximum Gasteiger partial charge on any atom is 0.409 e. The molecule has 152 valence electrons. The van der Waals surface area contributed by atoms with Gasteiger partial charge in [0.15, 0.2) is 0 Å². The molecule has 1 aliphatic rings. The van der Waals surface area contributed by atoms with Crippen molar-refractivity contribution in [2.75, 3.05) is 48.8 Å². The highest BCUT2D eigenvalue weighted by molar-refractivity contribution is 6.43. The number of pyridine rings is 2. The summed E-state index contributed by atoms with van der Waals surface area (Å²) >= 11 is 0. The summed E-state index contributed by atoms with van der Waals surface area (Å²) < 4.78 is 4.72. The molecule has 29 heavy (non-hydrogen) atoms. The van der Waals surface area contributed by atoms with Gasteiger partial charge in [0, 0.05) is 31.9 Å². The summed E-state index contributed by atoms with van der Waals surface area (Å²) in [6, 6.07) is 6.84. The summed E-state index contributed by atoms with van der Waals surface area (Å²) in [6.07, 6.45) is 2.63. The zero-order valence-electron chi connectivity index (χ0n) is 16.2. The number of methoxy groups -OCH3 is 1. The van der Waals surface area contributed by atoms with Crippen molar-refractivity contribution < 1.29 is 19.1 Å². The average Bonchev–Trinajstić information content (AvgIpc) is 2.75. The van der Waals surface area contributed by atoms with Gasteiger partial charge in [-0.1, -0.05) is 0 Å². The van der Waals surface area contributed by atoms with E-state index >= 15 is 0 Å². The Balaban J connectivity index is 1.52. The molecule has 3 amide bonds. The fourth-order valence-corrected chi connectivity index (χ4v) is 2.81. The average molecular weight is 398 g/mol. The second kappa shape index (κ2) is 9.00. The predicted octanol–water partition coefficient (Wildman–Crippen LogP) is 1.25. The first-order valence-electron chi connectivity index (χ1n) is 9.05. The Bertz CT molecular complexity index is 877.